The average molecular weight is 306 g/mol. The molecule has 1 aliphatic heterocycles. The summed E-state index contributed by atoms with van der Waals surface area (Å²) in [7, 11) is 1.54. The zero-order valence-electron chi connectivity index (χ0n) is 13.4. The molecule has 1 aromatic carbocycles. The number of aliphatic hydroxyl groups is 1. The van der Waals surface area contributed by atoms with Crippen molar-refractivity contribution < 1.29 is 14.6 Å². The first-order valence-corrected chi connectivity index (χ1v) is 7.91. The van der Waals surface area contributed by atoms with E-state index < -0.39 is 6.10 Å². The lowest BCUT2D eigenvalue weighted by Gasteiger charge is -2.31. The Morgan fingerprint density at radius 2 is 2.09 bits per heavy atom. The number of likely N-dealkylation sites (tertiary alicyclic amines) is 1. The predicted molar refractivity (Wildman–Crippen MR) is 86.2 cm³/mol. The van der Waals surface area contributed by atoms with E-state index in [0.29, 0.717) is 17.9 Å². The van der Waals surface area contributed by atoms with Crippen LogP contribution >= 0.6 is 0 Å². The van der Waals surface area contributed by atoms with E-state index in [9.17, 15) is 9.90 Å². The SMILES string of the molecule is COc1ccccc1C(=O)NCC(O)CN1CCC(C)CC1. The minimum atomic E-state index is -0.549. The van der Waals surface area contributed by atoms with Crippen LogP contribution in [-0.2, 0) is 0 Å². The van der Waals surface area contributed by atoms with E-state index in [1.807, 2.05) is 6.07 Å². The van der Waals surface area contributed by atoms with Crippen molar-refractivity contribution in [3.8, 4) is 5.75 Å². The van der Waals surface area contributed by atoms with Crippen molar-refractivity contribution in [1.29, 1.82) is 0 Å². The number of rotatable bonds is 6. The van der Waals surface area contributed by atoms with Crippen LogP contribution in [0.3, 0.4) is 0 Å². The molecule has 2 N–H and O–H groups in total. The highest BCUT2D eigenvalue weighted by molar-refractivity contribution is 5.96. The molecule has 1 amide bonds. The summed E-state index contributed by atoms with van der Waals surface area (Å²) in [5, 5.41) is 12.9. The van der Waals surface area contributed by atoms with Gasteiger partial charge in [0.15, 0.2) is 0 Å². The largest absolute Gasteiger partial charge is 0.496 e. The van der Waals surface area contributed by atoms with E-state index in [-0.39, 0.29) is 12.5 Å². The van der Waals surface area contributed by atoms with Crippen LogP contribution in [-0.4, -0.2) is 55.3 Å². The number of methoxy groups -OCH3 is 1. The molecule has 1 atom stereocenters. The van der Waals surface area contributed by atoms with Crippen LogP contribution in [0.15, 0.2) is 24.3 Å². The van der Waals surface area contributed by atoms with E-state index in [0.717, 1.165) is 19.0 Å². The number of piperidine rings is 1. The van der Waals surface area contributed by atoms with Crippen LogP contribution in [0, 0.1) is 5.92 Å². The molecule has 0 saturated carbocycles. The van der Waals surface area contributed by atoms with Gasteiger partial charge in [-0.3, -0.25) is 4.79 Å². The maximum atomic E-state index is 12.1. The Morgan fingerprint density at radius 3 is 2.77 bits per heavy atom. The second kappa shape index (κ2) is 8.15. The third-order valence-corrected chi connectivity index (χ3v) is 4.20. The second-order valence-corrected chi connectivity index (χ2v) is 6.05. The molecule has 122 valence electrons. The van der Waals surface area contributed by atoms with Gasteiger partial charge >= 0.3 is 0 Å². The molecule has 0 spiro atoms. The number of β-amino-alcohol motifs (C(OH)–C–C–N with tert-alkyl or cyclic N) is 1. The van der Waals surface area contributed by atoms with Gasteiger partial charge < -0.3 is 20.1 Å². The van der Waals surface area contributed by atoms with Gasteiger partial charge in [0.2, 0.25) is 0 Å². The Labute approximate surface area is 132 Å². The Bertz CT molecular complexity index is 485. The molecule has 0 aliphatic carbocycles. The first-order chi connectivity index (χ1) is 10.6. The zero-order chi connectivity index (χ0) is 15.9. The van der Waals surface area contributed by atoms with Gasteiger partial charge in [0, 0.05) is 13.1 Å². The lowest BCUT2D eigenvalue weighted by molar-refractivity contribution is 0.0793. The monoisotopic (exact) mass is 306 g/mol. The molecule has 0 aromatic heterocycles. The average Bonchev–Trinajstić information content (AvgIpc) is 2.54. The third kappa shape index (κ3) is 4.71. The highest BCUT2D eigenvalue weighted by Gasteiger charge is 2.19. The van der Waals surface area contributed by atoms with E-state index in [4.69, 9.17) is 4.74 Å². The third-order valence-electron chi connectivity index (χ3n) is 4.20. The van der Waals surface area contributed by atoms with Crippen LogP contribution in [0.1, 0.15) is 30.1 Å². The highest BCUT2D eigenvalue weighted by atomic mass is 16.5. The number of para-hydroxylation sites is 1. The predicted octanol–water partition coefficient (Wildman–Crippen LogP) is 1.52. The molecular weight excluding hydrogens is 280 g/mol. The number of aliphatic hydroxyl groups excluding tert-OH is 1. The van der Waals surface area contributed by atoms with Gasteiger partial charge in [0.05, 0.1) is 18.8 Å². The number of nitrogens with zero attached hydrogens (tertiary/aromatic N) is 1. The van der Waals surface area contributed by atoms with Crippen molar-refractivity contribution in [3.05, 3.63) is 29.8 Å². The Balaban J connectivity index is 1.78. The lowest BCUT2D eigenvalue weighted by Crippen LogP contribution is -2.43. The van der Waals surface area contributed by atoms with Gasteiger partial charge in [0.25, 0.3) is 5.91 Å². The quantitative estimate of drug-likeness (QED) is 0.836. The van der Waals surface area contributed by atoms with E-state index in [1.165, 1.54) is 20.0 Å². The first kappa shape index (κ1) is 16.8. The Hall–Kier alpha value is -1.59. The molecule has 1 saturated heterocycles. The maximum Gasteiger partial charge on any atom is 0.255 e. The molecular formula is C17H26N2O3. The van der Waals surface area contributed by atoms with Crippen molar-refractivity contribution in [2.75, 3.05) is 33.3 Å². The number of hydrogen-bond acceptors (Lipinski definition) is 4. The number of ether oxygens (including phenoxy) is 1. The summed E-state index contributed by atoms with van der Waals surface area (Å²) in [5.41, 5.74) is 0.490. The van der Waals surface area contributed by atoms with Crippen LogP contribution in [0.2, 0.25) is 0 Å². The molecule has 0 radical (unpaired) electrons. The summed E-state index contributed by atoms with van der Waals surface area (Å²) in [6.07, 6.45) is 1.81. The normalized spacial score (nSPS) is 18.0. The van der Waals surface area contributed by atoms with E-state index >= 15 is 0 Å². The minimum absolute atomic E-state index is 0.219. The minimum Gasteiger partial charge on any atom is -0.496 e. The van der Waals surface area contributed by atoms with Gasteiger partial charge in [-0.2, -0.15) is 0 Å². The van der Waals surface area contributed by atoms with Crippen LogP contribution in [0.4, 0.5) is 0 Å². The van der Waals surface area contributed by atoms with Crippen LogP contribution < -0.4 is 10.1 Å². The molecule has 2 rings (SSSR count). The first-order valence-electron chi connectivity index (χ1n) is 7.91. The molecule has 22 heavy (non-hydrogen) atoms. The smallest absolute Gasteiger partial charge is 0.255 e. The fraction of sp³-hybridized carbons (Fsp3) is 0.588. The number of carbonyl (C=O) groups excluding carboxylic acids is 1. The summed E-state index contributed by atoms with van der Waals surface area (Å²) >= 11 is 0. The topological polar surface area (TPSA) is 61.8 Å². The van der Waals surface area contributed by atoms with E-state index in [2.05, 4.69) is 17.1 Å². The number of carbonyl (C=O) groups is 1. The van der Waals surface area contributed by atoms with Crippen molar-refractivity contribution in [1.82, 2.24) is 10.2 Å². The molecule has 1 aliphatic rings. The van der Waals surface area contributed by atoms with Crippen molar-refractivity contribution >= 4 is 5.91 Å². The summed E-state index contributed by atoms with van der Waals surface area (Å²) in [6, 6.07) is 7.08. The number of hydrogen-bond donors (Lipinski definition) is 2. The molecule has 0 bridgehead atoms. The molecule has 1 unspecified atom stereocenters. The van der Waals surface area contributed by atoms with E-state index in [1.54, 1.807) is 18.2 Å². The molecule has 5 nitrogen and oxygen atoms in total. The van der Waals surface area contributed by atoms with Gasteiger partial charge in [-0.25, -0.2) is 0 Å². The van der Waals surface area contributed by atoms with Gasteiger partial charge in [-0.1, -0.05) is 19.1 Å². The summed E-state index contributed by atoms with van der Waals surface area (Å²) < 4.78 is 5.17. The van der Waals surface area contributed by atoms with Gasteiger partial charge in [0.1, 0.15) is 5.75 Å². The number of benzene rings is 1. The zero-order valence-corrected chi connectivity index (χ0v) is 13.4. The number of nitrogens with one attached hydrogen (secondary N) is 1. The highest BCUT2D eigenvalue weighted by Crippen LogP contribution is 2.17. The van der Waals surface area contributed by atoms with Gasteiger partial charge in [-0.15, -0.1) is 0 Å². The van der Waals surface area contributed by atoms with Crippen LogP contribution in [0.25, 0.3) is 0 Å². The van der Waals surface area contributed by atoms with Gasteiger partial charge in [-0.05, 0) is 44.0 Å². The fourth-order valence-corrected chi connectivity index (χ4v) is 2.75. The summed E-state index contributed by atoms with van der Waals surface area (Å²) in [5.74, 6) is 1.10. The summed E-state index contributed by atoms with van der Waals surface area (Å²) in [4.78, 5) is 14.4. The fourth-order valence-electron chi connectivity index (χ4n) is 2.75. The lowest BCUT2D eigenvalue weighted by atomic mass is 9.99. The van der Waals surface area contributed by atoms with Crippen molar-refractivity contribution in [2.24, 2.45) is 5.92 Å². The molecule has 1 heterocycles. The molecule has 1 fully saturated rings. The van der Waals surface area contributed by atoms with Crippen molar-refractivity contribution in [3.63, 3.8) is 0 Å². The van der Waals surface area contributed by atoms with Crippen LogP contribution in [0.5, 0.6) is 5.75 Å². The Morgan fingerprint density at radius 1 is 1.41 bits per heavy atom. The number of amides is 1. The maximum absolute atomic E-state index is 12.1. The second-order valence-electron chi connectivity index (χ2n) is 6.05. The standard InChI is InChI=1S/C17H26N2O3/c1-13-7-9-19(10-8-13)12-14(20)11-18-17(21)15-5-3-4-6-16(15)22-2/h3-6,13-14,20H,7-12H2,1-2H3,(H,18,21). The summed E-state index contributed by atoms with van der Waals surface area (Å²) in [6.45, 7) is 5.18. The molecule has 5 heteroatoms. The van der Waals surface area contributed by atoms with Crippen molar-refractivity contribution in [2.45, 2.75) is 25.9 Å². The molecule has 1 aromatic rings. The Kier molecular flexibility index (Phi) is 6.21.